The summed E-state index contributed by atoms with van der Waals surface area (Å²) in [6, 6.07) is 7.49. The summed E-state index contributed by atoms with van der Waals surface area (Å²) >= 11 is 4.53. The minimum Gasteiger partial charge on any atom is -0.300 e. The molecule has 112 valence electrons. The van der Waals surface area contributed by atoms with Gasteiger partial charge in [-0.25, -0.2) is 0 Å². The summed E-state index contributed by atoms with van der Waals surface area (Å²) in [5, 5.41) is 0. The van der Waals surface area contributed by atoms with Gasteiger partial charge < -0.3 is 0 Å². The van der Waals surface area contributed by atoms with Gasteiger partial charge in [0.2, 0.25) is 0 Å². The number of nitrogens with zero attached hydrogens (tertiary/aromatic N) is 1. The Kier molecular flexibility index (Phi) is 5.98. The van der Waals surface area contributed by atoms with Gasteiger partial charge in [0.15, 0.2) is 0 Å². The molecular weight excluding hydrogens is 262 g/mol. The summed E-state index contributed by atoms with van der Waals surface area (Å²) in [6.07, 6.45) is 5.05. The number of fused-ring (bicyclic) bond motifs is 1. The molecular formula is C18H29NS. The third-order valence-electron chi connectivity index (χ3n) is 4.69. The van der Waals surface area contributed by atoms with Crippen LogP contribution in [0.5, 0.6) is 0 Å². The van der Waals surface area contributed by atoms with Gasteiger partial charge in [-0.2, -0.15) is 12.6 Å². The van der Waals surface area contributed by atoms with Crippen molar-refractivity contribution < 1.29 is 0 Å². The van der Waals surface area contributed by atoms with Crippen LogP contribution in [-0.4, -0.2) is 24.0 Å². The Labute approximate surface area is 130 Å². The Bertz CT molecular complexity index is 409. The van der Waals surface area contributed by atoms with E-state index in [0.29, 0.717) is 12.0 Å². The predicted octanol–water partition coefficient (Wildman–Crippen LogP) is 4.66. The monoisotopic (exact) mass is 291 g/mol. The maximum absolute atomic E-state index is 4.53. The van der Waals surface area contributed by atoms with Crippen molar-refractivity contribution in [2.75, 3.05) is 13.1 Å². The van der Waals surface area contributed by atoms with Crippen LogP contribution in [-0.2, 0) is 12.2 Å². The second kappa shape index (κ2) is 7.51. The molecule has 1 aromatic carbocycles. The fourth-order valence-electron chi connectivity index (χ4n) is 3.87. The fraction of sp³-hybridized carbons (Fsp3) is 0.667. The van der Waals surface area contributed by atoms with E-state index in [2.05, 4.69) is 56.5 Å². The molecule has 2 heteroatoms. The Balaban J connectivity index is 2.27. The van der Waals surface area contributed by atoms with Crippen molar-refractivity contribution in [2.45, 2.75) is 64.2 Å². The van der Waals surface area contributed by atoms with E-state index in [-0.39, 0.29) is 0 Å². The summed E-state index contributed by atoms with van der Waals surface area (Å²) in [4.78, 5) is 2.73. The third-order valence-corrected chi connectivity index (χ3v) is 5.03. The van der Waals surface area contributed by atoms with E-state index in [9.17, 15) is 0 Å². The molecule has 20 heavy (non-hydrogen) atoms. The van der Waals surface area contributed by atoms with Gasteiger partial charge in [0.1, 0.15) is 0 Å². The van der Waals surface area contributed by atoms with Crippen LogP contribution in [0.15, 0.2) is 18.2 Å². The highest BCUT2D eigenvalue weighted by Crippen LogP contribution is 2.37. The van der Waals surface area contributed by atoms with Crippen molar-refractivity contribution in [2.24, 2.45) is 0 Å². The zero-order valence-corrected chi connectivity index (χ0v) is 14.1. The zero-order chi connectivity index (χ0) is 14.5. The van der Waals surface area contributed by atoms with Gasteiger partial charge in [-0.05, 0) is 61.4 Å². The van der Waals surface area contributed by atoms with E-state index < -0.39 is 0 Å². The van der Waals surface area contributed by atoms with Gasteiger partial charge in [-0.15, -0.1) is 0 Å². The van der Waals surface area contributed by atoms with Crippen molar-refractivity contribution in [3.05, 3.63) is 34.9 Å². The topological polar surface area (TPSA) is 3.24 Å². The molecule has 0 radical (unpaired) electrons. The summed E-state index contributed by atoms with van der Waals surface area (Å²) in [6.45, 7) is 9.49. The highest BCUT2D eigenvalue weighted by Gasteiger charge is 2.31. The molecule has 0 fully saturated rings. The lowest BCUT2D eigenvalue weighted by Gasteiger charge is -2.40. The van der Waals surface area contributed by atoms with Crippen molar-refractivity contribution in [3.8, 4) is 0 Å². The van der Waals surface area contributed by atoms with Crippen molar-refractivity contribution >= 4 is 12.6 Å². The van der Waals surface area contributed by atoms with E-state index in [1.54, 1.807) is 11.1 Å². The summed E-state index contributed by atoms with van der Waals surface area (Å²) in [5.41, 5.74) is 4.60. The van der Waals surface area contributed by atoms with E-state index in [4.69, 9.17) is 0 Å². The van der Waals surface area contributed by atoms with Crippen LogP contribution in [0.3, 0.4) is 0 Å². The molecule has 2 atom stereocenters. The number of aryl methyl sites for hydroxylation is 1. The van der Waals surface area contributed by atoms with Crippen LogP contribution in [0.4, 0.5) is 0 Å². The maximum Gasteiger partial charge on any atom is 0.0165 e. The second-order valence-electron chi connectivity index (χ2n) is 6.08. The van der Waals surface area contributed by atoms with Crippen LogP contribution in [0, 0.1) is 0 Å². The van der Waals surface area contributed by atoms with Gasteiger partial charge in [0.05, 0.1) is 0 Å². The average molecular weight is 292 g/mol. The molecule has 0 aromatic heterocycles. The quantitative estimate of drug-likeness (QED) is 0.746. The van der Waals surface area contributed by atoms with Gasteiger partial charge in [-0.1, -0.05) is 39.0 Å². The lowest BCUT2D eigenvalue weighted by Crippen LogP contribution is -2.42. The minimum atomic E-state index is 0.639. The molecule has 1 aliphatic rings. The zero-order valence-electron chi connectivity index (χ0n) is 13.2. The number of thiol groups is 1. The van der Waals surface area contributed by atoms with Crippen LogP contribution in [0.1, 0.15) is 62.6 Å². The molecule has 0 N–H and O–H groups in total. The van der Waals surface area contributed by atoms with Crippen LogP contribution in [0.25, 0.3) is 0 Å². The molecule has 0 spiro atoms. The highest BCUT2D eigenvalue weighted by molar-refractivity contribution is 7.79. The molecule has 2 rings (SSSR count). The Morgan fingerprint density at radius 3 is 2.50 bits per heavy atom. The van der Waals surface area contributed by atoms with E-state index in [0.717, 1.165) is 5.75 Å². The van der Waals surface area contributed by atoms with Crippen molar-refractivity contribution in [1.82, 2.24) is 4.90 Å². The van der Waals surface area contributed by atoms with Crippen LogP contribution in [0.2, 0.25) is 0 Å². The van der Waals surface area contributed by atoms with E-state index in [1.807, 2.05) is 0 Å². The predicted molar refractivity (Wildman–Crippen MR) is 91.8 cm³/mol. The summed E-state index contributed by atoms with van der Waals surface area (Å²) < 4.78 is 0. The molecule has 0 saturated carbocycles. The van der Waals surface area contributed by atoms with E-state index in [1.165, 1.54) is 44.3 Å². The van der Waals surface area contributed by atoms with Gasteiger partial charge in [-0.3, -0.25) is 4.90 Å². The van der Waals surface area contributed by atoms with Crippen molar-refractivity contribution in [3.63, 3.8) is 0 Å². The molecule has 0 saturated heterocycles. The second-order valence-corrected chi connectivity index (χ2v) is 6.39. The van der Waals surface area contributed by atoms with Crippen LogP contribution < -0.4 is 0 Å². The number of hydrogen-bond donors (Lipinski definition) is 1. The molecule has 0 amide bonds. The molecule has 1 nitrogen and oxygen atoms in total. The normalized spacial score (nSPS) is 22.1. The SMILES string of the molecule is CCCN(CCC)C1CCc2cccc(CS)c2C1C. The summed E-state index contributed by atoms with van der Waals surface area (Å²) in [5.74, 6) is 1.50. The molecule has 1 aliphatic carbocycles. The average Bonchev–Trinajstić information content (AvgIpc) is 2.47. The number of hydrogen-bond acceptors (Lipinski definition) is 2. The Morgan fingerprint density at radius 2 is 1.90 bits per heavy atom. The standard InChI is InChI=1S/C18H29NS/c1-4-11-19(12-5-2)17-10-9-15-7-6-8-16(13-20)18(15)14(17)3/h6-8,14,17,20H,4-5,9-13H2,1-3H3. The smallest absolute Gasteiger partial charge is 0.0165 e. The summed E-state index contributed by atoms with van der Waals surface area (Å²) in [7, 11) is 0. The molecule has 0 aliphatic heterocycles. The van der Waals surface area contributed by atoms with Crippen LogP contribution >= 0.6 is 12.6 Å². The highest BCUT2D eigenvalue weighted by atomic mass is 32.1. The fourth-order valence-corrected chi connectivity index (χ4v) is 4.15. The molecule has 2 unspecified atom stereocenters. The largest absolute Gasteiger partial charge is 0.300 e. The lowest BCUT2D eigenvalue weighted by molar-refractivity contribution is 0.158. The Hall–Kier alpha value is -0.470. The van der Waals surface area contributed by atoms with Gasteiger partial charge in [0.25, 0.3) is 0 Å². The first-order valence-electron chi connectivity index (χ1n) is 8.18. The lowest BCUT2D eigenvalue weighted by atomic mass is 9.77. The van der Waals surface area contributed by atoms with E-state index >= 15 is 0 Å². The molecule has 1 aromatic rings. The maximum atomic E-state index is 4.53. The molecule has 0 bridgehead atoms. The first kappa shape index (κ1) is 15.9. The number of rotatable bonds is 6. The molecule has 0 heterocycles. The van der Waals surface area contributed by atoms with Crippen molar-refractivity contribution in [1.29, 1.82) is 0 Å². The Morgan fingerprint density at radius 1 is 1.20 bits per heavy atom. The first-order valence-corrected chi connectivity index (χ1v) is 8.81. The minimum absolute atomic E-state index is 0.639. The first-order chi connectivity index (χ1) is 9.72. The van der Waals surface area contributed by atoms with Gasteiger partial charge >= 0.3 is 0 Å². The number of benzene rings is 1. The third kappa shape index (κ3) is 3.23. The van der Waals surface area contributed by atoms with Gasteiger partial charge in [0, 0.05) is 11.8 Å².